The zero-order chi connectivity index (χ0) is 34.9. The summed E-state index contributed by atoms with van der Waals surface area (Å²) in [6.07, 6.45) is 0. The molecule has 4 nitrogen and oxygen atoms in total. The molecule has 0 aliphatic carbocycles. The predicted octanol–water partition coefficient (Wildman–Crippen LogP) is 13.1. The largest absolute Gasteiger partial charge is 0.455 e. The van der Waals surface area contributed by atoms with Crippen LogP contribution in [0.25, 0.3) is 110 Å². The van der Waals surface area contributed by atoms with Crippen LogP contribution >= 0.6 is 0 Å². The molecule has 4 heteroatoms. The Bertz CT molecular complexity index is 3230. The fraction of sp³-hybridized carbons (Fsp3) is 0. The van der Waals surface area contributed by atoms with Crippen LogP contribution in [0.4, 0.5) is 0 Å². The van der Waals surface area contributed by atoms with Gasteiger partial charge in [0.15, 0.2) is 17.5 Å². The van der Waals surface area contributed by atoms with Crippen molar-refractivity contribution in [3.63, 3.8) is 0 Å². The van der Waals surface area contributed by atoms with Gasteiger partial charge >= 0.3 is 0 Å². The van der Waals surface area contributed by atoms with Crippen LogP contribution in [0.1, 0.15) is 0 Å². The molecule has 9 aromatic carbocycles. The Hall–Kier alpha value is -7.17. The smallest absolute Gasteiger partial charge is 0.167 e. The van der Waals surface area contributed by atoms with Crippen molar-refractivity contribution < 1.29 is 4.42 Å². The molecule has 0 spiro atoms. The number of hydrogen-bond donors (Lipinski definition) is 0. The topological polar surface area (TPSA) is 51.8 Å². The fourth-order valence-corrected chi connectivity index (χ4v) is 7.92. The van der Waals surface area contributed by atoms with Gasteiger partial charge in [0.25, 0.3) is 0 Å². The number of furan rings is 1. The first-order chi connectivity index (χ1) is 26.2. The van der Waals surface area contributed by atoms with Crippen LogP contribution in [0.15, 0.2) is 180 Å². The van der Waals surface area contributed by atoms with E-state index in [0.717, 1.165) is 65.9 Å². The average Bonchev–Trinajstić information content (AvgIpc) is 3.62. The van der Waals surface area contributed by atoms with Crippen molar-refractivity contribution in [1.82, 2.24) is 15.0 Å². The highest BCUT2D eigenvalue weighted by atomic mass is 16.3. The zero-order valence-electron chi connectivity index (χ0n) is 28.5. The summed E-state index contributed by atoms with van der Waals surface area (Å²) in [5, 5.41) is 11.7. The van der Waals surface area contributed by atoms with Gasteiger partial charge < -0.3 is 4.42 Å². The monoisotopic (exact) mass is 675 g/mol. The number of aromatic nitrogens is 3. The van der Waals surface area contributed by atoms with Gasteiger partial charge in [-0.3, -0.25) is 0 Å². The predicted molar refractivity (Wildman–Crippen MR) is 219 cm³/mol. The lowest BCUT2D eigenvalue weighted by Gasteiger charge is -2.12. The van der Waals surface area contributed by atoms with Crippen molar-refractivity contribution in [1.29, 1.82) is 0 Å². The summed E-state index contributed by atoms with van der Waals surface area (Å²) < 4.78 is 6.48. The second-order valence-electron chi connectivity index (χ2n) is 13.6. The van der Waals surface area contributed by atoms with Crippen molar-refractivity contribution >= 4 is 65.0 Å². The van der Waals surface area contributed by atoms with Crippen LogP contribution in [-0.4, -0.2) is 15.0 Å². The van der Waals surface area contributed by atoms with Gasteiger partial charge in [-0.25, -0.2) is 15.0 Å². The fourth-order valence-electron chi connectivity index (χ4n) is 7.92. The Morgan fingerprint density at radius 1 is 0.321 bits per heavy atom. The molecular weight excluding hydrogens is 647 g/mol. The molecule has 0 saturated heterocycles. The first-order valence-electron chi connectivity index (χ1n) is 17.9. The average molecular weight is 676 g/mol. The number of hydrogen-bond acceptors (Lipinski definition) is 4. The highest BCUT2D eigenvalue weighted by molar-refractivity contribution is 6.14. The number of fused-ring (bicyclic) bond motifs is 9. The molecule has 0 saturated carbocycles. The van der Waals surface area contributed by atoms with Gasteiger partial charge in [-0.1, -0.05) is 158 Å². The lowest BCUT2D eigenvalue weighted by molar-refractivity contribution is 0.669. The molecule has 0 radical (unpaired) electrons. The number of para-hydroxylation sites is 2. The molecule has 0 amide bonds. The number of nitrogens with zero attached hydrogens (tertiary/aromatic N) is 3. The Morgan fingerprint density at radius 2 is 0.868 bits per heavy atom. The van der Waals surface area contributed by atoms with E-state index in [-0.39, 0.29) is 0 Å². The molecule has 11 aromatic rings. The summed E-state index contributed by atoms with van der Waals surface area (Å²) in [6.45, 7) is 0. The van der Waals surface area contributed by atoms with Gasteiger partial charge in [0.1, 0.15) is 11.2 Å². The summed E-state index contributed by atoms with van der Waals surface area (Å²) in [7, 11) is 0. The van der Waals surface area contributed by atoms with E-state index in [4.69, 9.17) is 19.4 Å². The molecule has 11 rings (SSSR count). The normalized spacial score (nSPS) is 11.8. The lowest BCUT2D eigenvalue weighted by Crippen LogP contribution is -2.01. The molecular formula is C49H29N3O. The highest BCUT2D eigenvalue weighted by Crippen LogP contribution is 2.38. The van der Waals surface area contributed by atoms with E-state index in [9.17, 15) is 0 Å². The van der Waals surface area contributed by atoms with Crippen molar-refractivity contribution in [2.24, 2.45) is 0 Å². The number of rotatable bonds is 4. The molecule has 0 unspecified atom stereocenters. The van der Waals surface area contributed by atoms with Crippen LogP contribution < -0.4 is 0 Å². The first kappa shape index (κ1) is 29.5. The summed E-state index contributed by atoms with van der Waals surface area (Å²) >= 11 is 0. The minimum Gasteiger partial charge on any atom is -0.455 e. The molecule has 246 valence electrons. The second kappa shape index (κ2) is 11.7. The van der Waals surface area contributed by atoms with Crippen molar-refractivity contribution in [3.05, 3.63) is 176 Å². The summed E-state index contributed by atoms with van der Waals surface area (Å²) in [4.78, 5) is 15.6. The van der Waals surface area contributed by atoms with Crippen LogP contribution in [0.3, 0.4) is 0 Å². The molecule has 0 aliphatic rings. The molecule has 2 aromatic heterocycles. The Labute approximate surface area is 304 Å². The maximum atomic E-state index is 6.48. The Kier molecular flexibility index (Phi) is 6.52. The van der Waals surface area contributed by atoms with E-state index >= 15 is 0 Å². The maximum absolute atomic E-state index is 6.48. The van der Waals surface area contributed by atoms with Gasteiger partial charge in [-0.2, -0.15) is 0 Å². The Morgan fingerprint density at radius 3 is 1.72 bits per heavy atom. The van der Waals surface area contributed by atoms with E-state index < -0.39 is 0 Å². The van der Waals surface area contributed by atoms with Gasteiger partial charge in [0.2, 0.25) is 0 Å². The van der Waals surface area contributed by atoms with E-state index in [1.807, 2.05) is 24.3 Å². The summed E-state index contributed by atoms with van der Waals surface area (Å²) in [5.41, 5.74) is 6.59. The van der Waals surface area contributed by atoms with E-state index in [1.54, 1.807) is 0 Å². The first-order valence-corrected chi connectivity index (χ1v) is 17.9. The maximum Gasteiger partial charge on any atom is 0.167 e. The lowest BCUT2D eigenvalue weighted by atomic mass is 9.97. The van der Waals surface area contributed by atoms with E-state index in [2.05, 4.69) is 152 Å². The van der Waals surface area contributed by atoms with Gasteiger partial charge in [0.05, 0.1) is 5.56 Å². The third-order valence-electron chi connectivity index (χ3n) is 10.5. The van der Waals surface area contributed by atoms with Crippen molar-refractivity contribution in [3.8, 4) is 45.3 Å². The minimum absolute atomic E-state index is 0.567. The molecule has 0 fully saturated rings. The molecule has 2 heterocycles. The van der Waals surface area contributed by atoms with Gasteiger partial charge in [0, 0.05) is 27.3 Å². The SMILES string of the molecule is c1ccc2c(c1)ccc1cc(-c3ccc(-c4nc(-c5cccc6c5oc5ccccc56)nc(-c5cccc6ccc7ccccc7c56)n4)cc3)ccc12. The number of benzene rings is 9. The molecule has 0 aliphatic heterocycles. The van der Waals surface area contributed by atoms with Crippen molar-refractivity contribution in [2.75, 3.05) is 0 Å². The molecule has 0 bridgehead atoms. The van der Waals surface area contributed by atoms with Crippen molar-refractivity contribution in [2.45, 2.75) is 0 Å². The van der Waals surface area contributed by atoms with Crippen LogP contribution in [0.2, 0.25) is 0 Å². The van der Waals surface area contributed by atoms with Crippen LogP contribution in [0.5, 0.6) is 0 Å². The standard InChI is InChI=1S/C49H29N3O/c1-3-12-37-31(9-1)22-26-36-29-35(27-28-38(36)37)30-19-24-34(25-20-30)47-50-48(42-16-7-11-33-23-21-32-10-2-4-13-39(32)45(33)42)52-49(51-47)43-17-8-15-41-40-14-5-6-18-44(40)53-46(41)43/h1-29H. The summed E-state index contributed by atoms with van der Waals surface area (Å²) in [6, 6.07) is 61.7. The Balaban J connectivity index is 1.09. The van der Waals surface area contributed by atoms with Crippen LogP contribution in [-0.2, 0) is 0 Å². The molecule has 53 heavy (non-hydrogen) atoms. The van der Waals surface area contributed by atoms with E-state index in [1.165, 1.54) is 26.9 Å². The second-order valence-corrected chi connectivity index (χ2v) is 13.6. The van der Waals surface area contributed by atoms with Gasteiger partial charge in [-0.05, 0) is 67.0 Å². The zero-order valence-corrected chi connectivity index (χ0v) is 28.5. The van der Waals surface area contributed by atoms with E-state index in [0.29, 0.717) is 17.5 Å². The molecule has 0 atom stereocenters. The third kappa shape index (κ3) is 4.80. The summed E-state index contributed by atoms with van der Waals surface area (Å²) in [5.74, 6) is 1.79. The third-order valence-corrected chi connectivity index (χ3v) is 10.5. The van der Waals surface area contributed by atoms with Crippen LogP contribution in [0, 0.1) is 0 Å². The highest BCUT2D eigenvalue weighted by Gasteiger charge is 2.19. The molecule has 0 N–H and O–H groups in total. The minimum atomic E-state index is 0.567. The quantitative estimate of drug-likeness (QED) is 0.174. The van der Waals surface area contributed by atoms with Gasteiger partial charge in [-0.15, -0.1) is 0 Å².